The fourth-order valence-corrected chi connectivity index (χ4v) is 5.75. The molecule has 0 aromatic heterocycles. The van der Waals surface area contributed by atoms with Crippen LogP contribution >= 0.6 is 11.6 Å². The quantitative estimate of drug-likeness (QED) is 0.558. The van der Waals surface area contributed by atoms with Gasteiger partial charge in [-0.25, -0.2) is 4.79 Å². The van der Waals surface area contributed by atoms with E-state index in [-0.39, 0.29) is 10.6 Å². The summed E-state index contributed by atoms with van der Waals surface area (Å²) in [6.45, 7) is 8.19. The number of ether oxygens (including phenoxy) is 1. The SMILES string of the molecule is C=C(Cl)C(=O)OC12CC3CC(C)(CC(C)(C3)C1)C2. The van der Waals surface area contributed by atoms with Crippen LogP contribution in [0.3, 0.4) is 0 Å². The molecule has 2 nitrogen and oxygen atoms in total. The monoisotopic (exact) mass is 268 g/mol. The second-order valence-electron chi connectivity index (χ2n) is 7.61. The maximum atomic E-state index is 11.8. The molecule has 4 aliphatic carbocycles. The van der Waals surface area contributed by atoms with Gasteiger partial charge in [-0.2, -0.15) is 0 Å². The number of esters is 1. The molecule has 4 aliphatic rings. The molecule has 0 spiro atoms. The van der Waals surface area contributed by atoms with E-state index in [9.17, 15) is 4.79 Å². The van der Waals surface area contributed by atoms with Crippen molar-refractivity contribution in [2.24, 2.45) is 16.7 Å². The van der Waals surface area contributed by atoms with Crippen molar-refractivity contribution in [2.75, 3.05) is 0 Å². The summed E-state index contributed by atoms with van der Waals surface area (Å²) in [6, 6.07) is 0. The van der Waals surface area contributed by atoms with E-state index in [1.54, 1.807) is 0 Å². The van der Waals surface area contributed by atoms with Gasteiger partial charge in [0.05, 0.1) is 0 Å². The highest BCUT2D eigenvalue weighted by Crippen LogP contribution is 2.67. The fourth-order valence-electron chi connectivity index (χ4n) is 5.71. The van der Waals surface area contributed by atoms with Crippen LogP contribution in [0.5, 0.6) is 0 Å². The lowest BCUT2D eigenvalue weighted by molar-refractivity contribution is -0.212. The lowest BCUT2D eigenvalue weighted by atomic mass is 9.43. The van der Waals surface area contributed by atoms with E-state index < -0.39 is 5.97 Å². The minimum atomic E-state index is -0.425. The second-order valence-corrected chi connectivity index (χ2v) is 8.06. The Morgan fingerprint density at radius 1 is 1.17 bits per heavy atom. The highest BCUT2D eigenvalue weighted by molar-refractivity contribution is 6.40. The molecular weight excluding hydrogens is 248 g/mol. The van der Waals surface area contributed by atoms with Crippen LogP contribution in [-0.2, 0) is 9.53 Å². The van der Waals surface area contributed by atoms with Crippen molar-refractivity contribution in [2.45, 2.75) is 58.0 Å². The highest BCUT2D eigenvalue weighted by Gasteiger charge is 2.61. The van der Waals surface area contributed by atoms with Crippen LogP contribution in [0.25, 0.3) is 0 Å². The van der Waals surface area contributed by atoms with E-state index in [1.807, 2.05) is 0 Å². The Kier molecular flexibility index (Phi) is 2.46. The first-order valence-electron chi connectivity index (χ1n) is 6.81. The van der Waals surface area contributed by atoms with Crippen molar-refractivity contribution < 1.29 is 9.53 Å². The zero-order valence-corrected chi connectivity index (χ0v) is 12.0. The molecule has 0 aromatic carbocycles. The first-order chi connectivity index (χ1) is 8.23. The molecule has 18 heavy (non-hydrogen) atoms. The maximum Gasteiger partial charge on any atom is 0.349 e. The maximum absolute atomic E-state index is 11.8. The lowest BCUT2D eigenvalue weighted by Gasteiger charge is -2.64. The highest BCUT2D eigenvalue weighted by atomic mass is 35.5. The summed E-state index contributed by atoms with van der Waals surface area (Å²) in [5.74, 6) is 0.290. The lowest BCUT2D eigenvalue weighted by Crippen LogP contribution is -2.59. The van der Waals surface area contributed by atoms with E-state index in [2.05, 4.69) is 20.4 Å². The normalized spacial score (nSPS) is 49.2. The Labute approximate surface area is 114 Å². The zero-order chi connectivity index (χ0) is 13.2. The minimum Gasteiger partial charge on any atom is -0.455 e. The van der Waals surface area contributed by atoms with E-state index >= 15 is 0 Å². The van der Waals surface area contributed by atoms with Crippen molar-refractivity contribution >= 4 is 17.6 Å². The Bertz CT molecular complexity index is 410. The van der Waals surface area contributed by atoms with Gasteiger partial charge in [-0.1, -0.05) is 32.0 Å². The third-order valence-corrected chi connectivity index (χ3v) is 5.26. The van der Waals surface area contributed by atoms with Gasteiger partial charge in [0.2, 0.25) is 0 Å². The fraction of sp³-hybridized carbons (Fsp3) is 0.800. The van der Waals surface area contributed by atoms with Crippen molar-refractivity contribution in [1.82, 2.24) is 0 Å². The van der Waals surface area contributed by atoms with Gasteiger partial charge >= 0.3 is 5.97 Å². The molecule has 4 rings (SSSR count). The molecule has 0 aromatic rings. The second kappa shape index (κ2) is 3.53. The van der Waals surface area contributed by atoms with Crippen molar-refractivity contribution in [3.63, 3.8) is 0 Å². The molecule has 0 N–H and O–H groups in total. The molecule has 0 aliphatic heterocycles. The molecule has 4 saturated carbocycles. The van der Waals surface area contributed by atoms with Gasteiger partial charge in [-0.05, 0) is 55.3 Å². The zero-order valence-electron chi connectivity index (χ0n) is 11.2. The van der Waals surface area contributed by atoms with E-state index in [0.29, 0.717) is 16.7 Å². The molecule has 0 saturated heterocycles. The van der Waals surface area contributed by atoms with Crippen LogP contribution in [0.1, 0.15) is 52.4 Å². The van der Waals surface area contributed by atoms with E-state index in [1.165, 1.54) is 19.3 Å². The Morgan fingerprint density at radius 2 is 1.72 bits per heavy atom. The van der Waals surface area contributed by atoms with Gasteiger partial charge in [0.25, 0.3) is 0 Å². The standard InChI is InChI=1S/C15H21ClO2/c1-10(16)12(17)18-15-6-11-4-13(2,8-15)7-14(3,5-11)9-15/h11H,1,4-9H2,2-3H3. The summed E-state index contributed by atoms with van der Waals surface area (Å²) in [4.78, 5) is 11.8. The Morgan fingerprint density at radius 3 is 2.17 bits per heavy atom. The molecule has 4 bridgehead atoms. The van der Waals surface area contributed by atoms with Crippen LogP contribution in [0.4, 0.5) is 0 Å². The van der Waals surface area contributed by atoms with E-state index in [4.69, 9.17) is 16.3 Å². The van der Waals surface area contributed by atoms with Crippen LogP contribution in [0.15, 0.2) is 11.6 Å². The molecular formula is C15H21ClO2. The number of hydrogen-bond donors (Lipinski definition) is 0. The molecule has 2 atom stereocenters. The van der Waals surface area contributed by atoms with Crippen LogP contribution in [-0.4, -0.2) is 11.6 Å². The average molecular weight is 269 g/mol. The molecule has 0 heterocycles. The van der Waals surface area contributed by atoms with E-state index in [0.717, 1.165) is 19.3 Å². The van der Waals surface area contributed by atoms with Crippen molar-refractivity contribution in [3.05, 3.63) is 11.6 Å². The topological polar surface area (TPSA) is 26.3 Å². The molecule has 0 radical (unpaired) electrons. The van der Waals surface area contributed by atoms with Crippen LogP contribution < -0.4 is 0 Å². The van der Waals surface area contributed by atoms with Gasteiger partial charge in [-0.3, -0.25) is 0 Å². The van der Waals surface area contributed by atoms with Gasteiger partial charge in [0.15, 0.2) is 0 Å². The third-order valence-electron chi connectivity index (χ3n) is 5.11. The number of hydrogen-bond acceptors (Lipinski definition) is 2. The summed E-state index contributed by atoms with van der Waals surface area (Å²) in [6.07, 6.45) is 6.89. The summed E-state index contributed by atoms with van der Waals surface area (Å²) >= 11 is 5.67. The summed E-state index contributed by atoms with van der Waals surface area (Å²) in [5, 5.41) is 0.000974. The Hall–Kier alpha value is -0.500. The summed E-state index contributed by atoms with van der Waals surface area (Å²) in [5.41, 5.74) is 0.433. The van der Waals surface area contributed by atoms with Crippen LogP contribution in [0, 0.1) is 16.7 Å². The smallest absolute Gasteiger partial charge is 0.349 e. The number of carbonyl (C=O) groups excluding carboxylic acids is 1. The number of rotatable bonds is 2. The Balaban J connectivity index is 1.89. The van der Waals surface area contributed by atoms with Crippen molar-refractivity contribution in [3.8, 4) is 0 Å². The predicted molar refractivity (Wildman–Crippen MR) is 71.2 cm³/mol. The minimum absolute atomic E-state index is 0.000974. The van der Waals surface area contributed by atoms with Gasteiger partial charge in [0, 0.05) is 0 Å². The molecule has 2 unspecified atom stereocenters. The molecule has 3 heteroatoms. The predicted octanol–water partition coefficient (Wildman–Crippen LogP) is 4.03. The van der Waals surface area contributed by atoms with Gasteiger partial charge in [-0.15, -0.1) is 0 Å². The summed E-state index contributed by atoms with van der Waals surface area (Å²) in [7, 11) is 0. The number of halogens is 1. The first kappa shape index (κ1) is 12.5. The van der Waals surface area contributed by atoms with Crippen LogP contribution in [0.2, 0.25) is 0 Å². The average Bonchev–Trinajstić information content (AvgIpc) is 2.09. The largest absolute Gasteiger partial charge is 0.455 e. The molecule has 4 fully saturated rings. The molecule has 100 valence electrons. The third kappa shape index (κ3) is 1.89. The van der Waals surface area contributed by atoms with Gasteiger partial charge < -0.3 is 4.74 Å². The molecule has 0 amide bonds. The van der Waals surface area contributed by atoms with Crippen molar-refractivity contribution in [1.29, 1.82) is 0 Å². The summed E-state index contributed by atoms with van der Waals surface area (Å²) < 4.78 is 5.77. The number of carbonyl (C=O) groups is 1. The first-order valence-corrected chi connectivity index (χ1v) is 7.19. The van der Waals surface area contributed by atoms with Gasteiger partial charge in [0.1, 0.15) is 10.6 Å².